The molecule has 5 nitrogen and oxygen atoms in total. The molecule has 0 aromatic carbocycles. The lowest BCUT2D eigenvalue weighted by molar-refractivity contribution is 0.00738. The van der Waals surface area contributed by atoms with Crippen LogP contribution in [0.1, 0.15) is 22.0 Å². The van der Waals surface area contributed by atoms with Crippen molar-refractivity contribution in [1.29, 1.82) is 0 Å². The van der Waals surface area contributed by atoms with Gasteiger partial charge in [-0.2, -0.15) is 0 Å². The number of aryl methyl sites for hydroxylation is 1. The van der Waals surface area contributed by atoms with E-state index in [0.29, 0.717) is 6.61 Å². The first-order valence-corrected chi connectivity index (χ1v) is 9.43. The summed E-state index contributed by atoms with van der Waals surface area (Å²) in [6.45, 7) is 6.29. The van der Waals surface area contributed by atoms with Crippen LogP contribution in [-0.2, 0) is 31.0 Å². The maximum Gasteiger partial charge on any atom is 0.0893 e. The van der Waals surface area contributed by atoms with Crippen LogP contribution in [0.4, 0.5) is 0 Å². The highest BCUT2D eigenvalue weighted by Gasteiger charge is 2.23. The van der Waals surface area contributed by atoms with Gasteiger partial charge in [0.25, 0.3) is 0 Å². The first kappa shape index (κ1) is 16.4. The Hall–Kier alpha value is -2.02. The van der Waals surface area contributed by atoms with Crippen molar-refractivity contribution in [3.8, 4) is 0 Å². The summed E-state index contributed by atoms with van der Waals surface area (Å²) in [5, 5.41) is 0. The minimum absolute atomic E-state index is 0.142. The van der Waals surface area contributed by atoms with Crippen LogP contribution >= 0.6 is 11.3 Å². The lowest BCUT2D eigenvalue weighted by Gasteiger charge is -2.23. The number of aromatic nitrogens is 3. The number of ether oxygens (including phenoxy) is 1. The van der Waals surface area contributed by atoms with E-state index in [-0.39, 0.29) is 6.10 Å². The molecular weight excluding hydrogens is 332 g/mol. The normalized spacial score (nSPS) is 18.0. The highest BCUT2D eigenvalue weighted by atomic mass is 32.1. The third-order valence-electron chi connectivity index (χ3n) is 4.58. The van der Waals surface area contributed by atoms with Crippen molar-refractivity contribution in [3.63, 3.8) is 0 Å². The monoisotopic (exact) mass is 354 g/mol. The molecule has 1 unspecified atom stereocenters. The van der Waals surface area contributed by atoms with E-state index in [1.54, 1.807) is 11.3 Å². The van der Waals surface area contributed by atoms with Crippen molar-refractivity contribution in [2.75, 3.05) is 6.54 Å². The standard InChI is InChI=1S/C19H22N4OS/c1-15-19(25-14-21-15)12-22-9-17-6-4-8-23(17)11-18(10-22)24-13-16-5-2-3-7-20-16/h2-8,14,18H,9-13H2,1H3. The Labute approximate surface area is 151 Å². The number of rotatable bonds is 5. The zero-order valence-corrected chi connectivity index (χ0v) is 15.2. The number of thiazole rings is 1. The van der Waals surface area contributed by atoms with Crippen molar-refractivity contribution >= 4 is 11.3 Å². The molecule has 0 N–H and O–H groups in total. The Morgan fingerprint density at radius 2 is 2.16 bits per heavy atom. The summed E-state index contributed by atoms with van der Waals surface area (Å²) in [7, 11) is 0. The van der Waals surface area contributed by atoms with Crippen LogP contribution in [0.5, 0.6) is 0 Å². The Balaban J connectivity index is 1.48. The number of pyridine rings is 1. The van der Waals surface area contributed by atoms with Crippen LogP contribution in [0.2, 0.25) is 0 Å². The summed E-state index contributed by atoms with van der Waals surface area (Å²) in [5.74, 6) is 0. The van der Waals surface area contributed by atoms with E-state index in [1.807, 2.05) is 29.9 Å². The van der Waals surface area contributed by atoms with Crippen molar-refractivity contribution in [3.05, 3.63) is 70.2 Å². The van der Waals surface area contributed by atoms with Gasteiger partial charge >= 0.3 is 0 Å². The molecule has 0 saturated heterocycles. The zero-order valence-electron chi connectivity index (χ0n) is 14.3. The van der Waals surface area contributed by atoms with E-state index in [2.05, 4.69) is 44.7 Å². The highest BCUT2D eigenvalue weighted by Crippen LogP contribution is 2.21. The number of nitrogens with zero attached hydrogens (tertiary/aromatic N) is 4. The molecule has 130 valence electrons. The molecule has 0 bridgehead atoms. The lowest BCUT2D eigenvalue weighted by Crippen LogP contribution is -2.32. The molecule has 0 aliphatic carbocycles. The van der Waals surface area contributed by atoms with Gasteiger partial charge in [-0.25, -0.2) is 4.98 Å². The summed E-state index contributed by atoms with van der Waals surface area (Å²) in [5.41, 5.74) is 5.38. The smallest absolute Gasteiger partial charge is 0.0893 e. The van der Waals surface area contributed by atoms with E-state index in [4.69, 9.17) is 4.74 Å². The van der Waals surface area contributed by atoms with Crippen LogP contribution in [0, 0.1) is 6.92 Å². The van der Waals surface area contributed by atoms with E-state index in [1.165, 1.54) is 10.6 Å². The Bertz CT molecular complexity index is 814. The molecule has 0 radical (unpaired) electrons. The largest absolute Gasteiger partial charge is 0.369 e. The number of hydrogen-bond donors (Lipinski definition) is 0. The van der Waals surface area contributed by atoms with E-state index in [0.717, 1.165) is 37.6 Å². The van der Waals surface area contributed by atoms with Crippen molar-refractivity contribution in [2.45, 2.75) is 39.3 Å². The molecule has 1 aliphatic rings. The first-order valence-electron chi connectivity index (χ1n) is 8.55. The van der Waals surface area contributed by atoms with Crippen LogP contribution in [0.15, 0.2) is 48.2 Å². The predicted molar refractivity (Wildman–Crippen MR) is 98.2 cm³/mol. The second kappa shape index (κ2) is 7.47. The summed E-state index contributed by atoms with van der Waals surface area (Å²) in [6.07, 6.45) is 4.10. The van der Waals surface area contributed by atoms with Gasteiger partial charge in [0.15, 0.2) is 0 Å². The molecule has 1 aliphatic heterocycles. The summed E-state index contributed by atoms with van der Waals surface area (Å²) < 4.78 is 8.53. The van der Waals surface area contributed by atoms with Gasteiger partial charge in [-0.3, -0.25) is 9.88 Å². The fraction of sp³-hybridized carbons (Fsp3) is 0.368. The average Bonchev–Trinajstić information content (AvgIpc) is 3.19. The van der Waals surface area contributed by atoms with Crippen LogP contribution in [0.25, 0.3) is 0 Å². The quantitative estimate of drug-likeness (QED) is 0.705. The Morgan fingerprint density at radius 3 is 2.96 bits per heavy atom. The predicted octanol–water partition coefficient (Wildman–Crippen LogP) is 3.25. The Kier molecular flexibility index (Phi) is 4.92. The molecule has 0 spiro atoms. The molecular formula is C19H22N4OS. The summed E-state index contributed by atoms with van der Waals surface area (Å²) in [4.78, 5) is 12.5. The lowest BCUT2D eigenvalue weighted by atomic mass is 10.3. The second-order valence-corrected chi connectivity index (χ2v) is 7.38. The maximum atomic E-state index is 6.22. The molecule has 4 rings (SSSR count). The average molecular weight is 354 g/mol. The Morgan fingerprint density at radius 1 is 1.20 bits per heavy atom. The van der Waals surface area contributed by atoms with Crippen molar-refractivity contribution in [2.24, 2.45) is 0 Å². The molecule has 4 heterocycles. The van der Waals surface area contributed by atoms with Crippen LogP contribution < -0.4 is 0 Å². The SMILES string of the molecule is Cc1ncsc1CN1Cc2cccn2CC(OCc2ccccn2)C1. The van der Waals surface area contributed by atoms with Crippen molar-refractivity contribution in [1.82, 2.24) is 19.4 Å². The second-order valence-electron chi connectivity index (χ2n) is 6.44. The molecule has 6 heteroatoms. The molecule has 25 heavy (non-hydrogen) atoms. The zero-order chi connectivity index (χ0) is 17.1. The van der Waals surface area contributed by atoms with Gasteiger partial charge in [0.2, 0.25) is 0 Å². The van der Waals surface area contributed by atoms with Gasteiger partial charge in [-0.1, -0.05) is 6.07 Å². The van der Waals surface area contributed by atoms with E-state index in [9.17, 15) is 0 Å². The van der Waals surface area contributed by atoms with Gasteiger partial charge < -0.3 is 9.30 Å². The maximum absolute atomic E-state index is 6.22. The van der Waals surface area contributed by atoms with Crippen LogP contribution in [-0.4, -0.2) is 32.1 Å². The molecule has 0 fully saturated rings. The van der Waals surface area contributed by atoms with Gasteiger partial charge in [0, 0.05) is 49.1 Å². The molecule has 1 atom stereocenters. The molecule has 3 aromatic rings. The summed E-state index contributed by atoms with van der Waals surface area (Å²) in [6, 6.07) is 10.3. The minimum atomic E-state index is 0.142. The third-order valence-corrected chi connectivity index (χ3v) is 5.50. The third kappa shape index (κ3) is 3.98. The first-order chi connectivity index (χ1) is 12.3. The van der Waals surface area contributed by atoms with Gasteiger partial charge in [0.1, 0.15) is 0 Å². The fourth-order valence-electron chi connectivity index (χ4n) is 3.22. The number of hydrogen-bond acceptors (Lipinski definition) is 5. The van der Waals surface area contributed by atoms with E-state index < -0.39 is 0 Å². The topological polar surface area (TPSA) is 43.2 Å². The van der Waals surface area contributed by atoms with Gasteiger partial charge in [0.05, 0.1) is 29.6 Å². The molecule has 0 saturated carbocycles. The molecule has 3 aromatic heterocycles. The van der Waals surface area contributed by atoms with Crippen molar-refractivity contribution < 1.29 is 4.74 Å². The van der Waals surface area contributed by atoms with Gasteiger partial charge in [-0.15, -0.1) is 11.3 Å². The van der Waals surface area contributed by atoms with Gasteiger partial charge in [-0.05, 0) is 31.2 Å². The fourth-order valence-corrected chi connectivity index (χ4v) is 4.04. The number of fused-ring (bicyclic) bond motifs is 1. The van der Waals surface area contributed by atoms with E-state index >= 15 is 0 Å². The molecule has 0 amide bonds. The van der Waals surface area contributed by atoms with Crippen LogP contribution in [0.3, 0.4) is 0 Å². The summed E-state index contributed by atoms with van der Waals surface area (Å²) >= 11 is 1.73. The minimum Gasteiger partial charge on any atom is -0.369 e. The highest BCUT2D eigenvalue weighted by molar-refractivity contribution is 7.09.